The number of rotatable bonds is 7. The number of unbranched alkanes of at least 4 members (excludes halogenated alkanes) is 1. The topological polar surface area (TPSA) is 0 Å². The van der Waals surface area contributed by atoms with Crippen LogP contribution in [0, 0.1) is 0 Å². The second-order valence-corrected chi connectivity index (χ2v) is 8.48. The summed E-state index contributed by atoms with van der Waals surface area (Å²) in [4.78, 5) is 2.71. The Morgan fingerprint density at radius 2 is 0.950 bits per heavy atom. The Labute approximate surface area is 146 Å². The Morgan fingerprint density at radius 1 is 0.600 bits per heavy atom. The van der Waals surface area contributed by atoms with E-state index in [1.807, 2.05) is 23.5 Å². The molecule has 0 radical (unpaired) electrons. The summed E-state index contributed by atoms with van der Waals surface area (Å²) in [7, 11) is 0. The highest BCUT2D eigenvalue weighted by atomic mass is 79.9. The predicted octanol–water partition coefficient (Wildman–Crippen LogP) is 6.88. The fourth-order valence-corrected chi connectivity index (χ4v) is 4.00. The molecule has 0 fully saturated rings. The monoisotopic (exact) mass is 430 g/mol. The Kier molecular flexibility index (Phi) is 7.56. The minimum atomic E-state index is 1.15. The van der Waals surface area contributed by atoms with Gasteiger partial charge in [-0.25, -0.2) is 0 Å². The Hall–Kier alpha value is 0.1000. The largest absolute Gasteiger partial charge is 0.126 e. The van der Waals surface area contributed by atoms with E-state index in [0.717, 1.165) is 8.95 Å². The number of thioether (sulfide) groups is 2. The SMILES string of the molecule is Brc1ccc(SCCCCSc2ccc(Br)cc2)cc1. The van der Waals surface area contributed by atoms with Crippen molar-refractivity contribution in [2.24, 2.45) is 0 Å². The fraction of sp³-hybridized carbons (Fsp3) is 0.250. The molecule has 0 spiro atoms. The zero-order valence-electron chi connectivity index (χ0n) is 11.0. The van der Waals surface area contributed by atoms with Crippen LogP contribution in [0.1, 0.15) is 12.8 Å². The number of halogens is 2. The van der Waals surface area contributed by atoms with Crippen LogP contribution in [0.5, 0.6) is 0 Å². The van der Waals surface area contributed by atoms with Gasteiger partial charge in [-0.15, -0.1) is 23.5 Å². The maximum absolute atomic E-state index is 3.46. The van der Waals surface area contributed by atoms with Gasteiger partial charge in [0.1, 0.15) is 0 Å². The van der Waals surface area contributed by atoms with Crippen LogP contribution in [0.2, 0.25) is 0 Å². The highest BCUT2D eigenvalue weighted by molar-refractivity contribution is 9.10. The van der Waals surface area contributed by atoms with Gasteiger partial charge in [0.25, 0.3) is 0 Å². The zero-order valence-corrected chi connectivity index (χ0v) is 15.8. The van der Waals surface area contributed by atoms with Gasteiger partial charge in [-0.05, 0) is 72.9 Å². The van der Waals surface area contributed by atoms with Crippen molar-refractivity contribution in [3.05, 3.63) is 57.5 Å². The highest BCUT2D eigenvalue weighted by Crippen LogP contribution is 2.24. The lowest BCUT2D eigenvalue weighted by atomic mass is 10.4. The smallest absolute Gasteiger partial charge is 0.0176 e. The van der Waals surface area contributed by atoms with Gasteiger partial charge in [0, 0.05) is 18.7 Å². The van der Waals surface area contributed by atoms with E-state index in [9.17, 15) is 0 Å². The first kappa shape index (κ1) is 16.5. The summed E-state index contributed by atoms with van der Waals surface area (Å²) in [6.07, 6.45) is 2.54. The summed E-state index contributed by atoms with van der Waals surface area (Å²) in [6, 6.07) is 17.1. The summed E-state index contributed by atoms with van der Waals surface area (Å²) < 4.78 is 2.29. The second-order valence-electron chi connectivity index (χ2n) is 4.31. The van der Waals surface area contributed by atoms with Crippen molar-refractivity contribution < 1.29 is 0 Å². The minimum absolute atomic E-state index is 1.15. The molecule has 0 nitrogen and oxygen atoms in total. The van der Waals surface area contributed by atoms with Crippen LogP contribution in [-0.4, -0.2) is 11.5 Å². The van der Waals surface area contributed by atoms with Crippen LogP contribution < -0.4 is 0 Å². The summed E-state index contributed by atoms with van der Waals surface area (Å²) in [5.41, 5.74) is 0. The third-order valence-corrected chi connectivity index (χ3v) is 5.96. The van der Waals surface area contributed by atoms with Crippen molar-refractivity contribution in [1.82, 2.24) is 0 Å². The Balaban J connectivity index is 1.57. The quantitative estimate of drug-likeness (QED) is 0.346. The third kappa shape index (κ3) is 6.25. The molecule has 20 heavy (non-hydrogen) atoms. The van der Waals surface area contributed by atoms with Crippen LogP contribution in [0.4, 0.5) is 0 Å². The summed E-state index contributed by atoms with van der Waals surface area (Å²) in [5.74, 6) is 2.39. The van der Waals surface area contributed by atoms with Gasteiger partial charge in [0.05, 0.1) is 0 Å². The van der Waals surface area contributed by atoms with Crippen LogP contribution in [0.15, 0.2) is 67.3 Å². The van der Waals surface area contributed by atoms with E-state index >= 15 is 0 Å². The van der Waals surface area contributed by atoms with Crippen molar-refractivity contribution in [1.29, 1.82) is 0 Å². The molecule has 2 aromatic rings. The number of hydrogen-bond acceptors (Lipinski definition) is 2. The Bertz CT molecular complexity index is 460. The summed E-state index contributed by atoms with van der Waals surface area (Å²) in [5, 5.41) is 0. The van der Waals surface area contributed by atoms with Gasteiger partial charge in [-0.3, -0.25) is 0 Å². The van der Waals surface area contributed by atoms with Crippen LogP contribution in [0.3, 0.4) is 0 Å². The van der Waals surface area contributed by atoms with Gasteiger partial charge in [0.15, 0.2) is 0 Å². The molecule has 0 saturated heterocycles. The molecule has 0 aliphatic heterocycles. The average Bonchev–Trinajstić information content (AvgIpc) is 2.46. The van der Waals surface area contributed by atoms with Crippen molar-refractivity contribution in [2.75, 3.05) is 11.5 Å². The minimum Gasteiger partial charge on any atom is -0.126 e. The molecule has 0 amide bonds. The lowest BCUT2D eigenvalue weighted by Crippen LogP contribution is -1.84. The van der Waals surface area contributed by atoms with Crippen molar-refractivity contribution in [3.8, 4) is 0 Å². The average molecular weight is 432 g/mol. The van der Waals surface area contributed by atoms with E-state index in [1.165, 1.54) is 34.1 Å². The maximum atomic E-state index is 3.46. The van der Waals surface area contributed by atoms with Crippen LogP contribution >= 0.6 is 55.4 Å². The highest BCUT2D eigenvalue weighted by Gasteiger charge is 1.97. The molecule has 2 rings (SSSR count). The van der Waals surface area contributed by atoms with E-state index in [2.05, 4.69) is 80.4 Å². The van der Waals surface area contributed by atoms with Gasteiger partial charge in [-0.2, -0.15) is 0 Å². The molecule has 2 aromatic carbocycles. The van der Waals surface area contributed by atoms with E-state index < -0.39 is 0 Å². The molecule has 0 heterocycles. The molecular formula is C16H16Br2S2. The molecule has 0 aromatic heterocycles. The lowest BCUT2D eigenvalue weighted by molar-refractivity contribution is 0.907. The van der Waals surface area contributed by atoms with Crippen molar-refractivity contribution in [2.45, 2.75) is 22.6 Å². The predicted molar refractivity (Wildman–Crippen MR) is 99.0 cm³/mol. The molecule has 0 bridgehead atoms. The molecule has 106 valence electrons. The first-order chi connectivity index (χ1) is 9.74. The van der Waals surface area contributed by atoms with E-state index in [1.54, 1.807) is 0 Å². The van der Waals surface area contributed by atoms with Gasteiger partial charge >= 0.3 is 0 Å². The Morgan fingerprint density at radius 3 is 1.30 bits per heavy atom. The van der Waals surface area contributed by atoms with Crippen LogP contribution in [-0.2, 0) is 0 Å². The number of hydrogen-bond donors (Lipinski definition) is 0. The molecule has 0 N–H and O–H groups in total. The van der Waals surface area contributed by atoms with Gasteiger partial charge in [-0.1, -0.05) is 31.9 Å². The van der Waals surface area contributed by atoms with E-state index in [-0.39, 0.29) is 0 Å². The normalized spacial score (nSPS) is 10.7. The third-order valence-electron chi connectivity index (χ3n) is 2.70. The molecule has 0 saturated carbocycles. The summed E-state index contributed by atoms with van der Waals surface area (Å²) >= 11 is 10.8. The first-order valence-electron chi connectivity index (χ1n) is 6.51. The van der Waals surface area contributed by atoms with E-state index in [0.29, 0.717) is 0 Å². The molecule has 0 aliphatic carbocycles. The fourth-order valence-electron chi connectivity index (χ4n) is 1.65. The van der Waals surface area contributed by atoms with Gasteiger partial charge < -0.3 is 0 Å². The van der Waals surface area contributed by atoms with Gasteiger partial charge in [0.2, 0.25) is 0 Å². The lowest BCUT2D eigenvalue weighted by Gasteiger charge is -2.03. The van der Waals surface area contributed by atoms with Crippen LogP contribution in [0.25, 0.3) is 0 Å². The molecular weight excluding hydrogens is 416 g/mol. The van der Waals surface area contributed by atoms with E-state index in [4.69, 9.17) is 0 Å². The standard InChI is InChI=1S/C16H16Br2S2/c17-13-3-7-15(8-4-13)19-11-1-2-12-20-16-9-5-14(18)6-10-16/h3-10H,1-2,11-12H2. The van der Waals surface area contributed by atoms with Crippen molar-refractivity contribution in [3.63, 3.8) is 0 Å². The summed E-state index contributed by atoms with van der Waals surface area (Å²) in [6.45, 7) is 0. The maximum Gasteiger partial charge on any atom is 0.0176 e. The molecule has 0 unspecified atom stereocenters. The zero-order chi connectivity index (χ0) is 14.2. The number of benzene rings is 2. The molecule has 0 atom stereocenters. The second kappa shape index (κ2) is 9.19. The van der Waals surface area contributed by atoms with Crippen molar-refractivity contribution >= 4 is 55.4 Å². The molecule has 4 heteroatoms. The molecule has 0 aliphatic rings. The first-order valence-corrected chi connectivity index (χ1v) is 10.1.